The Morgan fingerprint density at radius 2 is 1.71 bits per heavy atom. The van der Waals surface area contributed by atoms with Gasteiger partial charge in [0.2, 0.25) is 17.7 Å². The molecule has 0 radical (unpaired) electrons. The second-order valence-electron chi connectivity index (χ2n) is 10.6. The summed E-state index contributed by atoms with van der Waals surface area (Å²) in [5.74, 6) is -1.61. The van der Waals surface area contributed by atoms with Crippen molar-refractivity contribution in [1.29, 1.82) is 0 Å². The Hall–Kier alpha value is -3.10. The van der Waals surface area contributed by atoms with E-state index >= 15 is 0 Å². The van der Waals surface area contributed by atoms with Crippen molar-refractivity contribution in [3.63, 3.8) is 0 Å². The summed E-state index contributed by atoms with van der Waals surface area (Å²) in [6.45, 7) is 12.7. The summed E-state index contributed by atoms with van der Waals surface area (Å²) in [7, 11) is 0. The number of nitrogens with two attached hydrogens (primary N) is 1. The molecule has 1 aromatic rings. The summed E-state index contributed by atoms with van der Waals surface area (Å²) < 4.78 is 5.30. The van der Waals surface area contributed by atoms with E-state index in [4.69, 9.17) is 10.5 Å². The average molecular weight is 489 g/mol. The van der Waals surface area contributed by atoms with Gasteiger partial charge in [0.1, 0.15) is 17.7 Å². The standard InChI is InChI=1S/C26H40N4O5/c1-15(2)28-23(32)22(18-12-11-16(3)17(4)13-18)30(19-9-8-10-19)24(33)20(14-21(27)31)29-25(34)35-26(5,6)7/h11-13,15,19-20,22H,8-10,14H2,1-7H3,(H2,27,31)(H,28,32)(H,29,34). The Labute approximate surface area is 208 Å². The lowest BCUT2D eigenvalue weighted by Crippen LogP contribution is -2.58. The van der Waals surface area contributed by atoms with Crippen LogP contribution in [0.5, 0.6) is 0 Å². The topological polar surface area (TPSA) is 131 Å². The second kappa shape index (κ2) is 11.6. The van der Waals surface area contributed by atoms with Gasteiger partial charge in [-0.1, -0.05) is 18.2 Å². The summed E-state index contributed by atoms with van der Waals surface area (Å²) >= 11 is 0. The maximum Gasteiger partial charge on any atom is 0.408 e. The number of primary amides is 1. The van der Waals surface area contributed by atoms with E-state index in [1.54, 1.807) is 20.8 Å². The zero-order valence-electron chi connectivity index (χ0n) is 21.9. The highest BCUT2D eigenvalue weighted by atomic mass is 16.6. The normalized spacial score (nSPS) is 15.5. The average Bonchev–Trinajstić information content (AvgIpc) is 2.65. The molecule has 1 aliphatic carbocycles. The zero-order valence-corrected chi connectivity index (χ0v) is 21.9. The van der Waals surface area contributed by atoms with Crippen LogP contribution < -0.4 is 16.4 Å². The molecule has 4 amide bonds. The first kappa shape index (κ1) is 28.1. The maximum absolute atomic E-state index is 13.9. The largest absolute Gasteiger partial charge is 0.444 e. The SMILES string of the molecule is Cc1ccc(C(C(=O)NC(C)C)N(C(=O)C(CC(N)=O)NC(=O)OC(C)(C)C)C2CCC2)cc1C. The number of aryl methyl sites for hydroxylation is 2. The van der Waals surface area contributed by atoms with Crippen molar-refractivity contribution in [2.24, 2.45) is 5.73 Å². The van der Waals surface area contributed by atoms with Gasteiger partial charge in [0, 0.05) is 12.1 Å². The van der Waals surface area contributed by atoms with Gasteiger partial charge in [0.25, 0.3) is 0 Å². The first-order chi connectivity index (χ1) is 16.2. The van der Waals surface area contributed by atoms with Crippen LogP contribution in [0, 0.1) is 13.8 Å². The van der Waals surface area contributed by atoms with Gasteiger partial charge in [0.05, 0.1) is 6.42 Å². The van der Waals surface area contributed by atoms with Crippen molar-refractivity contribution >= 4 is 23.8 Å². The number of nitrogens with one attached hydrogen (secondary N) is 2. The molecule has 1 fully saturated rings. The first-order valence-corrected chi connectivity index (χ1v) is 12.2. The third kappa shape index (κ3) is 7.97. The van der Waals surface area contributed by atoms with E-state index in [2.05, 4.69) is 10.6 Å². The number of carbonyl (C=O) groups is 4. The van der Waals surface area contributed by atoms with Gasteiger partial charge >= 0.3 is 6.09 Å². The lowest BCUT2D eigenvalue weighted by Gasteiger charge is -2.43. The van der Waals surface area contributed by atoms with Crippen LogP contribution in [0.15, 0.2) is 18.2 Å². The molecule has 2 unspecified atom stereocenters. The van der Waals surface area contributed by atoms with Gasteiger partial charge in [-0.05, 0) is 84.4 Å². The highest BCUT2D eigenvalue weighted by molar-refractivity contribution is 5.94. The van der Waals surface area contributed by atoms with Crippen LogP contribution in [0.3, 0.4) is 0 Å². The van der Waals surface area contributed by atoms with Gasteiger partial charge in [-0.25, -0.2) is 4.79 Å². The highest BCUT2D eigenvalue weighted by Gasteiger charge is 2.42. The molecule has 1 aliphatic rings. The Bertz CT molecular complexity index is 950. The molecule has 1 aromatic carbocycles. The van der Waals surface area contributed by atoms with E-state index in [0.29, 0.717) is 5.56 Å². The van der Waals surface area contributed by atoms with Gasteiger partial charge in [0.15, 0.2) is 0 Å². The molecule has 0 saturated heterocycles. The molecule has 35 heavy (non-hydrogen) atoms. The van der Waals surface area contributed by atoms with E-state index in [1.807, 2.05) is 45.9 Å². The third-order valence-corrected chi connectivity index (χ3v) is 5.92. The van der Waals surface area contributed by atoms with Crippen molar-refractivity contribution in [2.45, 2.75) is 104 Å². The third-order valence-electron chi connectivity index (χ3n) is 5.92. The first-order valence-electron chi connectivity index (χ1n) is 12.2. The number of hydrogen-bond donors (Lipinski definition) is 3. The molecule has 4 N–H and O–H groups in total. The van der Waals surface area contributed by atoms with Crippen molar-refractivity contribution < 1.29 is 23.9 Å². The Kier molecular flexibility index (Phi) is 9.29. The minimum atomic E-state index is -1.26. The van der Waals surface area contributed by atoms with E-state index < -0.39 is 42.0 Å². The van der Waals surface area contributed by atoms with Crippen molar-refractivity contribution in [2.75, 3.05) is 0 Å². The van der Waals surface area contributed by atoms with Crippen LogP contribution in [0.1, 0.15) is 83.0 Å². The molecular weight excluding hydrogens is 448 g/mol. The predicted molar refractivity (Wildman–Crippen MR) is 133 cm³/mol. The van der Waals surface area contributed by atoms with E-state index in [0.717, 1.165) is 30.4 Å². The molecule has 2 atom stereocenters. The monoisotopic (exact) mass is 488 g/mol. The van der Waals surface area contributed by atoms with Crippen LogP contribution in [0.4, 0.5) is 4.79 Å². The summed E-state index contributed by atoms with van der Waals surface area (Å²) in [5.41, 5.74) is 7.36. The zero-order chi connectivity index (χ0) is 26.5. The molecule has 194 valence electrons. The lowest BCUT2D eigenvalue weighted by molar-refractivity contribution is -0.148. The quantitative estimate of drug-likeness (QED) is 0.492. The molecule has 2 rings (SSSR count). The van der Waals surface area contributed by atoms with E-state index in [9.17, 15) is 19.2 Å². The van der Waals surface area contributed by atoms with Crippen LogP contribution in [0.25, 0.3) is 0 Å². The molecule has 0 spiro atoms. The summed E-state index contributed by atoms with van der Waals surface area (Å²) in [4.78, 5) is 53.3. The lowest BCUT2D eigenvalue weighted by atomic mass is 9.87. The molecule has 0 heterocycles. The van der Waals surface area contributed by atoms with Gasteiger partial charge < -0.3 is 26.0 Å². The Morgan fingerprint density at radius 1 is 1.09 bits per heavy atom. The van der Waals surface area contributed by atoms with Crippen molar-refractivity contribution in [3.8, 4) is 0 Å². The number of hydrogen-bond acceptors (Lipinski definition) is 5. The number of nitrogens with zero attached hydrogens (tertiary/aromatic N) is 1. The minimum absolute atomic E-state index is 0.142. The number of amides is 4. The predicted octanol–water partition coefficient (Wildman–Crippen LogP) is 3.02. The fourth-order valence-corrected chi connectivity index (χ4v) is 3.95. The number of alkyl carbamates (subject to hydrolysis) is 1. The number of rotatable bonds is 9. The Morgan fingerprint density at radius 3 is 2.17 bits per heavy atom. The van der Waals surface area contributed by atoms with Crippen LogP contribution in [-0.4, -0.2) is 52.4 Å². The molecular formula is C26H40N4O5. The number of benzene rings is 1. The molecule has 1 saturated carbocycles. The smallest absolute Gasteiger partial charge is 0.408 e. The number of carbonyl (C=O) groups excluding carboxylic acids is 4. The fraction of sp³-hybridized carbons (Fsp3) is 0.615. The minimum Gasteiger partial charge on any atom is -0.444 e. The van der Waals surface area contributed by atoms with Crippen LogP contribution in [-0.2, 0) is 19.1 Å². The highest BCUT2D eigenvalue weighted by Crippen LogP contribution is 2.34. The molecule has 9 heteroatoms. The van der Waals surface area contributed by atoms with Crippen molar-refractivity contribution in [1.82, 2.24) is 15.5 Å². The van der Waals surface area contributed by atoms with E-state index in [1.165, 1.54) is 4.90 Å². The molecule has 0 aromatic heterocycles. The summed E-state index contributed by atoms with van der Waals surface area (Å²) in [6.07, 6.45) is 1.11. The molecule has 0 bridgehead atoms. The van der Waals surface area contributed by atoms with E-state index in [-0.39, 0.29) is 18.0 Å². The van der Waals surface area contributed by atoms with Crippen LogP contribution in [0.2, 0.25) is 0 Å². The van der Waals surface area contributed by atoms with Crippen LogP contribution >= 0.6 is 0 Å². The van der Waals surface area contributed by atoms with Gasteiger partial charge in [-0.15, -0.1) is 0 Å². The summed E-state index contributed by atoms with van der Waals surface area (Å²) in [5, 5.41) is 5.44. The fourth-order valence-electron chi connectivity index (χ4n) is 3.95. The molecule has 9 nitrogen and oxygen atoms in total. The number of ether oxygens (including phenoxy) is 1. The maximum atomic E-state index is 13.9. The Balaban J connectivity index is 2.52. The second-order valence-corrected chi connectivity index (χ2v) is 10.6. The van der Waals surface area contributed by atoms with Gasteiger partial charge in [-0.3, -0.25) is 14.4 Å². The van der Waals surface area contributed by atoms with Gasteiger partial charge in [-0.2, -0.15) is 0 Å². The molecule has 0 aliphatic heterocycles. The van der Waals surface area contributed by atoms with Crippen molar-refractivity contribution in [3.05, 3.63) is 34.9 Å². The summed E-state index contributed by atoms with van der Waals surface area (Å²) in [6, 6.07) is 3.14.